The first-order chi connectivity index (χ1) is 8.11. The zero-order chi connectivity index (χ0) is 12.7. The number of halogens is 2. The summed E-state index contributed by atoms with van der Waals surface area (Å²) in [6.07, 6.45) is 0. The van der Waals surface area contributed by atoms with Gasteiger partial charge in [0.2, 0.25) is 5.91 Å². The predicted molar refractivity (Wildman–Crippen MR) is 56.8 cm³/mol. The van der Waals surface area contributed by atoms with Crippen LogP contribution in [0, 0.1) is 0 Å². The van der Waals surface area contributed by atoms with Crippen molar-refractivity contribution >= 4 is 5.91 Å². The monoisotopic (exact) mass is 245 g/mol. The number of methoxy groups -OCH3 is 1. The molecule has 1 N–H and O–H groups in total. The van der Waals surface area contributed by atoms with E-state index in [9.17, 15) is 13.6 Å². The van der Waals surface area contributed by atoms with E-state index in [0.29, 0.717) is 6.54 Å². The summed E-state index contributed by atoms with van der Waals surface area (Å²) in [5.74, 6) is -0.146. The Kier molecular flexibility index (Phi) is 5.35. The van der Waals surface area contributed by atoms with E-state index in [2.05, 4.69) is 14.8 Å². The van der Waals surface area contributed by atoms with Crippen molar-refractivity contribution in [2.45, 2.75) is 13.2 Å². The highest BCUT2D eigenvalue weighted by Gasteiger charge is 2.04. The van der Waals surface area contributed by atoms with Crippen molar-refractivity contribution in [2.24, 2.45) is 0 Å². The Morgan fingerprint density at radius 3 is 2.53 bits per heavy atom. The number of alkyl halides is 2. The highest BCUT2D eigenvalue weighted by atomic mass is 19.3. The van der Waals surface area contributed by atoms with Gasteiger partial charge in [-0.25, -0.2) is 0 Å². The molecular weight excluding hydrogens is 232 g/mol. The van der Waals surface area contributed by atoms with Crippen LogP contribution >= 0.6 is 0 Å². The normalized spacial score (nSPS) is 10.4. The third-order valence-corrected chi connectivity index (χ3v) is 1.91. The van der Waals surface area contributed by atoms with Crippen LogP contribution in [0.1, 0.15) is 5.56 Å². The summed E-state index contributed by atoms with van der Waals surface area (Å²) in [7, 11) is 1.43. The lowest BCUT2D eigenvalue weighted by molar-refractivity contribution is -0.124. The molecule has 0 aromatic heterocycles. The summed E-state index contributed by atoms with van der Waals surface area (Å²) < 4.78 is 32.6. The Balaban J connectivity index is 2.42. The highest BCUT2D eigenvalue weighted by Crippen LogP contribution is 2.14. The predicted octanol–water partition coefficient (Wildman–Crippen LogP) is 1.55. The molecule has 0 aliphatic rings. The van der Waals surface area contributed by atoms with Gasteiger partial charge in [0.05, 0.1) is 0 Å². The maximum Gasteiger partial charge on any atom is 0.387 e. The molecular formula is C11H13F2NO3. The average molecular weight is 245 g/mol. The van der Waals surface area contributed by atoms with Crippen LogP contribution in [0.25, 0.3) is 0 Å². The smallest absolute Gasteiger partial charge is 0.387 e. The maximum absolute atomic E-state index is 11.9. The Morgan fingerprint density at radius 2 is 2.00 bits per heavy atom. The van der Waals surface area contributed by atoms with Crippen molar-refractivity contribution < 1.29 is 23.0 Å². The van der Waals surface area contributed by atoms with E-state index >= 15 is 0 Å². The topological polar surface area (TPSA) is 47.6 Å². The average Bonchev–Trinajstić information content (AvgIpc) is 2.28. The zero-order valence-corrected chi connectivity index (χ0v) is 9.28. The van der Waals surface area contributed by atoms with Crippen molar-refractivity contribution in [1.82, 2.24) is 5.32 Å². The number of carbonyl (C=O) groups excluding carboxylic acids is 1. The number of benzene rings is 1. The summed E-state index contributed by atoms with van der Waals surface area (Å²) in [5, 5.41) is 2.61. The van der Waals surface area contributed by atoms with Crippen LogP contribution < -0.4 is 10.1 Å². The molecule has 1 aromatic carbocycles. The molecule has 0 heterocycles. The first-order valence-corrected chi connectivity index (χ1v) is 4.91. The van der Waals surface area contributed by atoms with Gasteiger partial charge in [0.1, 0.15) is 12.4 Å². The van der Waals surface area contributed by atoms with E-state index in [0.717, 1.165) is 5.56 Å². The number of nitrogens with one attached hydrogen (secondary N) is 1. The highest BCUT2D eigenvalue weighted by molar-refractivity contribution is 5.77. The van der Waals surface area contributed by atoms with Crippen LogP contribution in [0.4, 0.5) is 8.78 Å². The summed E-state index contributed by atoms with van der Waals surface area (Å²) in [4.78, 5) is 11.1. The molecule has 0 unspecified atom stereocenters. The summed E-state index contributed by atoms with van der Waals surface area (Å²) >= 11 is 0. The Morgan fingerprint density at radius 1 is 1.35 bits per heavy atom. The largest absolute Gasteiger partial charge is 0.435 e. The van der Waals surface area contributed by atoms with Gasteiger partial charge in [-0.15, -0.1) is 0 Å². The van der Waals surface area contributed by atoms with E-state index in [1.807, 2.05) is 0 Å². The molecule has 0 spiro atoms. The Labute approximate surface area is 97.5 Å². The van der Waals surface area contributed by atoms with Crippen LogP contribution in [0.5, 0.6) is 5.75 Å². The number of rotatable bonds is 6. The van der Waals surface area contributed by atoms with Gasteiger partial charge in [0, 0.05) is 13.7 Å². The van der Waals surface area contributed by atoms with E-state index < -0.39 is 6.61 Å². The number of amides is 1. The standard InChI is InChI=1S/C11H13F2NO3/c1-16-7-10(15)14-6-8-2-4-9(5-3-8)17-11(12)13/h2-5,11H,6-7H2,1H3,(H,14,15). The molecule has 0 bridgehead atoms. The molecule has 0 saturated carbocycles. The lowest BCUT2D eigenvalue weighted by Crippen LogP contribution is -2.26. The molecule has 17 heavy (non-hydrogen) atoms. The number of hydrogen-bond donors (Lipinski definition) is 1. The minimum absolute atomic E-state index is 0.00736. The molecule has 1 rings (SSSR count). The molecule has 1 amide bonds. The molecule has 0 aliphatic heterocycles. The van der Waals surface area contributed by atoms with Crippen molar-refractivity contribution in [3.63, 3.8) is 0 Å². The molecule has 0 saturated heterocycles. The third-order valence-electron chi connectivity index (χ3n) is 1.91. The number of ether oxygens (including phenoxy) is 2. The molecule has 4 nitrogen and oxygen atoms in total. The van der Waals surface area contributed by atoms with E-state index in [4.69, 9.17) is 0 Å². The van der Waals surface area contributed by atoms with Gasteiger partial charge in [-0.2, -0.15) is 8.78 Å². The Hall–Kier alpha value is -1.69. The molecule has 0 atom stereocenters. The maximum atomic E-state index is 11.9. The second-order valence-corrected chi connectivity index (χ2v) is 3.23. The van der Waals surface area contributed by atoms with Gasteiger partial charge in [0.25, 0.3) is 0 Å². The molecule has 6 heteroatoms. The Bertz CT molecular complexity index is 354. The van der Waals surface area contributed by atoms with Gasteiger partial charge < -0.3 is 14.8 Å². The van der Waals surface area contributed by atoms with Crippen LogP contribution in [0.2, 0.25) is 0 Å². The fourth-order valence-electron chi connectivity index (χ4n) is 1.17. The fourth-order valence-corrected chi connectivity index (χ4v) is 1.17. The third kappa shape index (κ3) is 5.26. The quantitative estimate of drug-likeness (QED) is 0.827. The van der Waals surface area contributed by atoms with Crippen LogP contribution in [0.15, 0.2) is 24.3 Å². The van der Waals surface area contributed by atoms with Gasteiger partial charge >= 0.3 is 6.61 Å². The van der Waals surface area contributed by atoms with E-state index in [1.54, 1.807) is 12.1 Å². The van der Waals surface area contributed by atoms with Crippen molar-refractivity contribution in [3.05, 3.63) is 29.8 Å². The summed E-state index contributed by atoms with van der Waals surface area (Å²) in [6.45, 7) is -2.52. The molecule has 0 radical (unpaired) electrons. The summed E-state index contributed by atoms with van der Waals surface area (Å²) in [6, 6.07) is 6.05. The molecule has 94 valence electrons. The van der Waals surface area contributed by atoms with Crippen molar-refractivity contribution in [3.8, 4) is 5.75 Å². The van der Waals surface area contributed by atoms with E-state index in [-0.39, 0.29) is 18.3 Å². The molecule has 0 aliphatic carbocycles. The van der Waals surface area contributed by atoms with Crippen LogP contribution in [-0.4, -0.2) is 26.2 Å². The van der Waals surface area contributed by atoms with E-state index in [1.165, 1.54) is 19.2 Å². The second kappa shape index (κ2) is 6.80. The minimum Gasteiger partial charge on any atom is -0.435 e. The van der Waals surface area contributed by atoms with Crippen molar-refractivity contribution in [1.29, 1.82) is 0 Å². The molecule has 1 aromatic rings. The number of carbonyl (C=O) groups is 1. The van der Waals surface area contributed by atoms with Gasteiger partial charge in [0.15, 0.2) is 0 Å². The summed E-state index contributed by atoms with van der Waals surface area (Å²) in [5.41, 5.74) is 0.788. The van der Waals surface area contributed by atoms with Crippen molar-refractivity contribution in [2.75, 3.05) is 13.7 Å². The number of hydrogen-bond acceptors (Lipinski definition) is 3. The lowest BCUT2D eigenvalue weighted by atomic mass is 10.2. The molecule has 0 fully saturated rings. The van der Waals surface area contributed by atoms with Gasteiger partial charge in [-0.05, 0) is 17.7 Å². The fraction of sp³-hybridized carbons (Fsp3) is 0.364. The first kappa shape index (κ1) is 13.4. The lowest BCUT2D eigenvalue weighted by Gasteiger charge is -2.07. The second-order valence-electron chi connectivity index (χ2n) is 3.23. The minimum atomic E-state index is -2.83. The first-order valence-electron chi connectivity index (χ1n) is 4.91. The van der Waals surface area contributed by atoms with Gasteiger partial charge in [-0.1, -0.05) is 12.1 Å². The zero-order valence-electron chi connectivity index (χ0n) is 9.28. The SMILES string of the molecule is COCC(=O)NCc1ccc(OC(F)F)cc1. The van der Waals surface area contributed by atoms with Gasteiger partial charge in [-0.3, -0.25) is 4.79 Å². The van der Waals surface area contributed by atoms with Crippen LogP contribution in [0.3, 0.4) is 0 Å². The van der Waals surface area contributed by atoms with Crippen LogP contribution in [-0.2, 0) is 16.1 Å².